The summed E-state index contributed by atoms with van der Waals surface area (Å²) in [6.07, 6.45) is 7.98. The van der Waals surface area contributed by atoms with Gasteiger partial charge in [0.2, 0.25) is 0 Å². The van der Waals surface area contributed by atoms with E-state index in [2.05, 4.69) is 29.4 Å². The molecule has 1 aromatic heterocycles. The lowest BCUT2D eigenvalue weighted by Gasteiger charge is -2.47. The summed E-state index contributed by atoms with van der Waals surface area (Å²) >= 11 is 6.27. The van der Waals surface area contributed by atoms with E-state index in [9.17, 15) is 20.3 Å². The lowest BCUT2D eigenvalue weighted by atomic mass is 9.60. The van der Waals surface area contributed by atoms with Crippen molar-refractivity contribution in [3.8, 4) is 11.8 Å². The van der Waals surface area contributed by atoms with Crippen molar-refractivity contribution in [3.05, 3.63) is 82.7 Å². The smallest absolute Gasteiger partial charge is 0.407 e. The number of benzene rings is 1. The van der Waals surface area contributed by atoms with Gasteiger partial charge >= 0.3 is 6.09 Å². The SMILES string of the molecule is CC(C)(C)OC(=O)NC[C@H]1[C@@H](O)[C@@]2(O)c3ncc(Cl)cc3OC2(c2ccc(C#N)cc2)[C@@H]1C1(C)C=CC=CC1. The first-order valence-corrected chi connectivity index (χ1v) is 13.3. The Balaban J connectivity index is 1.71. The van der Waals surface area contributed by atoms with E-state index < -0.39 is 46.3 Å². The highest BCUT2D eigenvalue weighted by atomic mass is 35.5. The molecule has 0 saturated heterocycles. The zero-order valence-corrected chi connectivity index (χ0v) is 23.1. The minimum Gasteiger partial charge on any atom is -0.477 e. The molecular formula is C30H32ClN3O5. The van der Waals surface area contributed by atoms with Crippen molar-refractivity contribution >= 4 is 17.7 Å². The molecular weight excluding hydrogens is 518 g/mol. The van der Waals surface area contributed by atoms with Gasteiger partial charge in [0, 0.05) is 30.6 Å². The molecule has 2 aromatic rings. The Hall–Kier alpha value is -3.38. The van der Waals surface area contributed by atoms with Crippen LogP contribution in [-0.2, 0) is 15.9 Å². The van der Waals surface area contributed by atoms with Crippen LogP contribution in [0.2, 0.25) is 5.02 Å². The summed E-state index contributed by atoms with van der Waals surface area (Å²) in [5, 5.41) is 37.3. The number of alkyl carbamates (subject to hydrolysis) is 1. The molecule has 6 atom stereocenters. The van der Waals surface area contributed by atoms with Gasteiger partial charge in [-0.3, -0.25) is 4.98 Å². The maximum atomic E-state index is 12.7. The Labute approximate surface area is 232 Å². The summed E-state index contributed by atoms with van der Waals surface area (Å²) in [4.78, 5) is 17.1. The molecule has 1 fully saturated rings. The first kappa shape index (κ1) is 27.2. The number of aliphatic hydroxyl groups excluding tert-OH is 1. The van der Waals surface area contributed by atoms with Gasteiger partial charge in [-0.1, -0.05) is 55.0 Å². The third-order valence-corrected chi connectivity index (χ3v) is 8.24. The molecule has 0 spiro atoms. The van der Waals surface area contributed by atoms with Crippen LogP contribution < -0.4 is 10.1 Å². The van der Waals surface area contributed by atoms with Crippen LogP contribution >= 0.6 is 11.6 Å². The fraction of sp³-hybridized carbons (Fsp3) is 0.433. The number of nitrogens with one attached hydrogen (secondary N) is 1. The number of hydrogen-bond donors (Lipinski definition) is 3. The molecule has 2 heterocycles. The van der Waals surface area contributed by atoms with E-state index in [1.54, 1.807) is 51.1 Å². The van der Waals surface area contributed by atoms with Gasteiger partial charge in [0.1, 0.15) is 17.0 Å². The monoisotopic (exact) mass is 549 g/mol. The van der Waals surface area contributed by atoms with Crippen LogP contribution in [0, 0.1) is 28.6 Å². The predicted molar refractivity (Wildman–Crippen MR) is 145 cm³/mol. The summed E-state index contributed by atoms with van der Waals surface area (Å²) in [5.41, 5.74) is -3.64. The first-order valence-electron chi connectivity index (χ1n) is 12.9. The van der Waals surface area contributed by atoms with Crippen LogP contribution in [0.4, 0.5) is 4.79 Å². The molecule has 1 aliphatic heterocycles. The van der Waals surface area contributed by atoms with Crippen molar-refractivity contribution in [3.63, 3.8) is 0 Å². The van der Waals surface area contributed by atoms with Gasteiger partial charge in [0.15, 0.2) is 11.2 Å². The predicted octanol–water partition coefficient (Wildman–Crippen LogP) is 4.74. The van der Waals surface area contributed by atoms with Crippen LogP contribution in [0.3, 0.4) is 0 Å². The number of carbonyl (C=O) groups is 1. The first-order chi connectivity index (χ1) is 18.4. The molecule has 39 heavy (non-hydrogen) atoms. The zero-order chi connectivity index (χ0) is 28.2. The van der Waals surface area contributed by atoms with Gasteiger partial charge in [-0.05, 0) is 50.3 Å². The minimum absolute atomic E-state index is 0.0144. The Bertz CT molecular complexity index is 1390. The molecule has 204 valence electrons. The second-order valence-electron chi connectivity index (χ2n) is 11.8. The highest BCUT2D eigenvalue weighted by molar-refractivity contribution is 6.30. The number of rotatable bonds is 4. The molecule has 1 aromatic carbocycles. The number of carbonyl (C=O) groups excluding carboxylic acids is 1. The number of pyridine rings is 1. The topological polar surface area (TPSA) is 125 Å². The molecule has 0 bridgehead atoms. The van der Waals surface area contributed by atoms with Gasteiger partial charge in [-0.25, -0.2) is 4.79 Å². The van der Waals surface area contributed by atoms with E-state index in [1.165, 1.54) is 6.20 Å². The third kappa shape index (κ3) is 4.20. The number of nitrogens with zero attached hydrogens (tertiary/aromatic N) is 2. The highest BCUT2D eigenvalue weighted by Gasteiger charge is 2.78. The van der Waals surface area contributed by atoms with Crippen LogP contribution in [0.1, 0.15) is 50.9 Å². The third-order valence-electron chi connectivity index (χ3n) is 8.03. The number of fused-ring (bicyclic) bond motifs is 3. The van der Waals surface area contributed by atoms with Gasteiger partial charge in [0.05, 0.1) is 22.8 Å². The van der Waals surface area contributed by atoms with E-state index in [1.807, 2.05) is 18.2 Å². The van der Waals surface area contributed by atoms with Crippen LogP contribution in [0.5, 0.6) is 5.75 Å². The van der Waals surface area contributed by atoms with E-state index in [0.29, 0.717) is 22.6 Å². The number of ether oxygens (including phenoxy) is 2. The fourth-order valence-electron chi connectivity index (χ4n) is 6.59. The van der Waals surface area contributed by atoms with Crippen LogP contribution in [0.25, 0.3) is 0 Å². The van der Waals surface area contributed by atoms with Crippen molar-refractivity contribution in [2.45, 2.75) is 57.0 Å². The molecule has 1 amide bonds. The number of amides is 1. The Morgan fingerprint density at radius 3 is 2.64 bits per heavy atom. The second kappa shape index (κ2) is 9.37. The summed E-state index contributed by atoms with van der Waals surface area (Å²) in [7, 11) is 0. The largest absolute Gasteiger partial charge is 0.477 e. The van der Waals surface area contributed by atoms with Crippen molar-refractivity contribution in [1.82, 2.24) is 10.3 Å². The molecule has 2 aliphatic carbocycles. The van der Waals surface area contributed by atoms with E-state index in [4.69, 9.17) is 21.1 Å². The van der Waals surface area contributed by atoms with E-state index in [-0.39, 0.29) is 18.0 Å². The maximum absolute atomic E-state index is 12.7. The van der Waals surface area contributed by atoms with Crippen molar-refractivity contribution in [2.75, 3.05) is 6.54 Å². The quantitative estimate of drug-likeness (QED) is 0.503. The Kier molecular flexibility index (Phi) is 6.53. The lowest BCUT2D eigenvalue weighted by molar-refractivity contribution is -0.166. The van der Waals surface area contributed by atoms with Gasteiger partial charge in [-0.15, -0.1) is 0 Å². The number of aliphatic hydroxyl groups is 2. The van der Waals surface area contributed by atoms with Crippen LogP contribution in [-0.4, -0.2) is 39.5 Å². The van der Waals surface area contributed by atoms with Gasteiger partial charge in [0.25, 0.3) is 0 Å². The molecule has 0 radical (unpaired) electrons. The van der Waals surface area contributed by atoms with Gasteiger partial charge in [-0.2, -0.15) is 5.26 Å². The number of aromatic nitrogens is 1. The fourth-order valence-corrected chi connectivity index (χ4v) is 6.74. The summed E-state index contributed by atoms with van der Waals surface area (Å²) in [6, 6.07) is 10.5. The van der Waals surface area contributed by atoms with Crippen molar-refractivity contribution < 1.29 is 24.5 Å². The molecule has 5 rings (SSSR count). The Morgan fingerprint density at radius 1 is 1.31 bits per heavy atom. The summed E-state index contributed by atoms with van der Waals surface area (Å²) in [6.45, 7) is 7.38. The van der Waals surface area contributed by atoms with Gasteiger partial charge < -0.3 is 25.0 Å². The highest BCUT2D eigenvalue weighted by Crippen LogP contribution is 2.69. The number of nitriles is 1. The second-order valence-corrected chi connectivity index (χ2v) is 12.2. The van der Waals surface area contributed by atoms with E-state index in [0.717, 1.165) is 0 Å². The molecule has 3 aliphatic rings. The normalized spacial score (nSPS) is 32.6. The van der Waals surface area contributed by atoms with Crippen molar-refractivity contribution in [2.24, 2.45) is 17.3 Å². The molecule has 1 saturated carbocycles. The summed E-state index contributed by atoms with van der Waals surface area (Å²) < 4.78 is 12.2. The molecule has 8 nitrogen and oxygen atoms in total. The standard InChI is InChI=1S/C30H32ClN3O5/c1-27(2,3)39-26(36)34-17-21-23(28(4)12-6-5-7-13-28)30(19-10-8-18(15-32)9-11-19)29(37,25(21)35)24-22(38-30)14-20(31)16-33-24/h5-12,14,16,21,23,25,35,37H,13,17H2,1-4H3,(H,34,36)/t21-,23+,25-,28?,29+,30?/m1/s1. The molecule has 3 N–H and O–H groups in total. The van der Waals surface area contributed by atoms with Crippen LogP contribution in [0.15, 0.2) is 60.8 Å². The number of hydrogen-bond acceptors (Lipinski definition) is 7. The zero-order valence-electron chi connectivity index (χ0n) is 22.3. The lowest BCUT2D eigenvalue weighted by Crippen LogP contribution is -2.55. The average Bonchev–Trinajstić information content (AvgIpc) is 3.24. The molecule has 9 heteroatoms. The molecule has 2 unspecified atom stereocenters. The minimum atomic E-state index is -2.00. The average molecular weight is 550 g/mol. The summed E-state index contributed by atoms with van der Waals surface area (Å²) in [5.74, 6) is -0.970. The number of halogens is 1. The van der Waals surface area contributed by atoms with E-state index >= 15 is 0 Å². The number of allylic oxidation sites excluding steroid dienone is 4. The van der Waals surface area contributed by atoms with Crippen molar-refractivity contribution in [1.29, 1.82) is 5.26 Å². The maximum Gasteiger partial charge on any atom is 0.407 e. The Morgan fingerprint density at radius 2 is 2.03 bits per heavy atom.